The predicted molar refractivity (Wildman–Crippen MR) is 108 cm³/mol. The Labute approximate surface area is 168 Å². The fraction of sp³-hybridized carbons (Fsp3) is 0.381. The fourth-order valence-electron chi connectivity index (χ4n) is 3.66. The number of nitrogens with zero attached hydrogens (tertiary/aromatic N) is 2. The first-order valence-electron chi connectivity index (χ1n) is 9.82. The number of nitro groups is 1. The Morgan fingerprint density at radius 2 is 1.90 bits per heavy atom. The first-order valence-corrected chi connectivity index (χ1v) is 9.82. The van der Waals surface area contributed by atoms with Gasteiger partial charge in [-0.1, -0.05) is 12.1 Å². The minimum Gasteiger partial charge on any atom is -0.490 e. The van der Waals surface area contributed by atoms with Crippen molar-refractivity contribution in [3.05, 3.63) is 57.6 Å². The highest BCUT2D eigenvalue weighted by Crippen LogP contribution is 2.34. The number of carbonyl (C=O) groups excluding carboxylic acids is 1. The zero-order valence-corrected chi connectivity index (χ0v) is 16.1. The monoisotopic (exact) mass is 397 g/mol. The number of anilines is 1. The van der Waals surface area contributed by atoms with Crippen molar-refractivity contribution in [2.75, 3.05) is 31.6 Å². The molecule has 0 aromatic heterocycles. The second kappa shape index (κ2) is 8.38. The van der Waals surface area contributed by atoms with Crippen LogP contribution in [0.2, 0.25) is 0 Å². The van der Waals surface area contributed by atoms with E-state index in [0.717, 1.165) is 30.6 Å². The first-order chi connectivity index (χ1) is 14.1. The number of ether oxygens (including phenoxy) is 2. The van der Waals surface area contributed by atoms with Gasteiger partial charge in [-0.2, -0.15) is 0 Å². The van der Waals surface area contributed by atoms with Gasteiger partial charge in [-0.15, -0.1) is 0 Å². The SMILES string of the molecule is O=C(c1cc(NCc2cccc3c2OCCCO3)ccc1[N+](=O)[O-])N1CCCC1. The summed E-state index contributed by atoms with van der Waals surface area (Å²) in [4.78, 5) is 25.4. The molecule has 0 aliphatic carbocycles. The lowest BCUT2D eigenvalue weighted by Gasteiger charge is -2.17. The number of para-hydroxylation sites is 1. The molecule has 8 heteroatoms. The van der Waals surface area contributed by atoms with E-state index in [0.29, 0.717) is 44.3 Å². The van der Waals surface area contributed by atoms with E-state index in [1.807, 2.05) is 18.2 Å². The van der Waals surface area contributed by atoms with E-state index in [1.54, 1.807) is 17.0 Å². The average molecular weight is 397 g/mol. The van der Waals surface area contributed by atoms with Crippen molar-refractivity contribution in [1.82, 2.24) is 4.90 Å². The second-order valence-corrected chi connectivity index (χ2v) is 7.14. The van der Waals surface area contributed by atoms with Gasteiger partial charge in [-0.05, 0) is 31.0 Å². The van der Waals surface area contributed by atoms with Crippen LogP contribution in [0, 0.1) is 10.1 Å². The standard InChI is InChI=1S/C21H23N3O5/c25-21(23-9-1-2-10-23)17-13-16(7-8-18(17)24(26)27)22-14-15-5-3-6-19-20(15)29-12-4-11-28-19/h3,5-8,13,22H,1-2,4,9-12,14H2. The molecule has 4 rings (SSSR count). The molecule has 0 saturated carbocycles. The van der Waals surface area contributed by atoms with E-state index in [4.69, 9.17) is 9.47 Å². The summed E-state index contributed by atoms with van der Waals surface area (Å²) in [6.07, 6.45) is 2.68. The third kappa shape index (κ3) is 4.11. The number of carbonyl (C=O) groups is 1. The van der Waals surface area contributed by atoms with Crippen LogP contribution in [0.15, 0.2) is 36.4 Å². The molecule has 2 aromatic carbocycles. The van der Waals surface area contributed by atoms with Gasteiger partial charge in [-0.3, -0.25) is 14.9 Å². The molecule has 2 aliphatic rings. The normalized spacial score (nSPS) is 15.7. The molecule has 1 saturated heterocycles. The lowest BCUT2D eigenvalue weighted by molar-refractivity contribution is -0.385. The summed E-state index contributed by atoms with van der Waals surface area (Å²) in [5, 5.41) is 14.7. The minimum absolute atomic E-state index is 0.119. The van der Waals surface area contributed by atoms with Crippen molar-refractivity contribution in [1.29, 1.82) is 0 Å². The molecule has 0 radical (unpaired) electrons. The number of rotatable bonds is 5. The molecule has 29 heavy (non-hydrogen) atoms. The molecular formula is C21H23N3O5. The van der Waals surface area contributed by atoms with Crippen LogP contribution in [0.1, 0.15) is 35.2 Å². The van der Waals surface area contributed by atoms with E-state index >= 15 is 0 Å². The molecule has 8 nitrogen and oxygen atoms in total. The zero-order valence-electron chi connectivity index (χ0n) is 16.1. The molecular weight excluding hydrogens is 374 g/mol. The maximum atomic E-state index is 12.8. The Hall–Kier alpha value is -3.29. The lowest BCUT2D eigenvalue weighted by Crippen LogP contribution is -2.28. The Bertz CT molecular complexity index is 925. The van der Waals surface area contributed by atoms with E-state index in [2.05, 4.69) is 5.32 Å². The van der Waals surface area contributed by atoms with Crippen LogP contribution in [0.25, 0.3) is 0 Å². The highest BCUT2D eigenvalue weighted by Gasteiger charge is 2.27. The molecule has 1 fully saturated rings. The van der Waals surface area contributed by atoms with Gasteiger partial charge in [-0.25, -0.2) is 0 Å². The molecule has 0 spiro atoms. The summed E-state index contributed by atoms with van der Waals surface area (Å²) in [5.74, 6) is 1.14. The van der Waals surface area contributed by atoms with Crippen LogP contribution in [0.5, 0.6) is 11.5 Å². The van der Waals surface area contributed by atoms with Crippen molar-refractivity contribution in [2.45, 2.75) is 25.8 Å². The van der Waals surface area contributed by atoms with Gasteiger partial charge in [0.15, 0.2) is 11.5 Å². The summed E-state index contributed by atoms with van der Waals surface area (Å²) < 4.78 is 11.5. The minimum atomic E-state index is -0.505. The van der Waals surface area contributed by atoms with Gasteiger partial charge in [0, 0.05) is 43.4 Å². The molecule has 1 N–H and O–H groups in total. The highest BCUT2D eigenvalue weighted by atomic mass is 16.6. The number of benzene rings is 2. The third-order valence-corrected chi connectivity index (χ3v) is 5.15. The van der Waals surface area contributed by atoms with Gasteiger partial charge in [0.2, 0.25) is 0 Å². The Kier molecular flexibility index (Phi) is 5.50. The number of amides is 1. The van der Waals surface area contributed by atoms with Crippen molar-refractivity contribution in [3.8, 4) is 11.5 Å². The largest absolute Gasteiger partial charge is 0.490 e. The maximum absolute atomic E-state index is 12.8. The van der Waals surface area contributed by atoms with Gasteiger partial charge in [0.05, 0.1) is 18.1 Å². The van der Waals surface area contributed by atoms with Crippen molar-refractivity contribution < 1.29 is 19.2 Å². The Balaban J connectivity index is 1.56. The summed E-state index contributed by atoms with van der Waals surface area (Å²) in [5.41, 5.74) is 1.52. The number of likely N-dealkylation sites (tertiary alicyclic amines) is 1. The summed E-state index contributed by atoms with van der Waals surface area (Å²) >= 11 is 0. The van der Waals surface area contributed by atoms with Gasteiger partial charge in [0.1, 0.15) is 5.56 Å². The summed E-state index contributed by atoms with van der Waals surface area (Å²) in [7, 11) is 0. The molecule has 0 atom stereocenters. The number of fused-ring (bicyclic) bond motifs is 1. The fourth-order valence-corrected chi connectivity index (χ4v) is 3.66. The first kappa shape index (κ1) is 19.0. The third-order valence-electron chi connectivity index (χ3n) is 5.15. The molecule has 0 bridgehead atoms. The molecule has 152 valence electrons. The highest BCUT2D eigenvalue weighted by molar-refractivity contribution is 5.99. The second-order valence-electron chi connectivity index (χ2n) is 7.14. The van der Waals surface area contributed by atoms with E-state index in [1.165, 1.54) is 6.07 Å². The number of nitro benzene ring substituents is 1. The Morgan fingerprint density at radius 1 is 1.10 bits per heavy atom. The van der Waals surface area contributed by atoms with Crippen LogP contribution in [-0.4, -0.2) is 42.0 Å². The average Bonchev–Trinajstić information content (AvgIpc) is 3.16. The zero-order chi connectivity index (χ0) is 20.2. The predicted octanol–water partition coefficient (Wildman–Crippen LogP) is 3.60. The maximum Gasteiger partial charge on any atom is 0.282 e. The van der Waals surface area contributed by atoms with Gasteiger partial charge >= 0.3 is 0 Å². The van der Waals surface area contributed by atoms with E-state index in [-0.39, 0.29) is 17.2 Å². The molecule has 1 amide bonds. The van der Waals surface area contributed by atoms with E-state index in [9.17, 15) is 14.9 Å². The molecule has 2 heterocycles. The van der Waals surface area contributed by atoms with Crippen LogP contribution in [0.3, 0.4) is 0 Å². The number of nitrogens with one attached hydrogen (secondary N) is 1. The van der Waals surface area contributed by atoms with E-state index < -0.39 is 4.92 Å². The molecule has 2 aliphatic heterocycles. The van der Waals surface area contributed by atoms with Crippen LogP contribution in [-0.2, 0) is 6.54 Å². The van der Waals surface area contributed by atoms with Crippen LogP contribution in [0.4, 0.5) is 11.4 Å². The number of hydrogen-bond donors (Lipinski definition) is 1. The lowest BCUT2D eigenvalue weighted by atomic mass is 10.1. The van der Waals surface area contributed by atoms with Crippen LogP contribution < -0.4 is 14.8 Å². The smallest absolute Gasteiger partial charge is 0.282 e. The molecule has 2 aromatic rings. The van der Waals surface area contributed by atoms with Crippen molar-refractivity contribution in [2.24, 2.45) is 0 Å². The topological polar surface area (TPSA) is 93.9 Å². The summed E-state index contributed by atoms with van der Waals surface area (Å²) in [6, 6.07) is 10.3. The number of hydrogen-bond acceptors (Lipinski definition) is 6. The van der Waals surface area contributed by atoms with Gasteiger partial charge in [0.25, 0.3) is 11.6 Å². The quantitative estimate of drug-likeness (QED) is 0.612. The molecule has 0 unspecified atom stereocenters. The summed E-state index contributed by atoms with van der Waals surface area (Å²) in [6.45, 7) is 2.94. The van der Waals surface area contributed by atoms with Gasteiger partial charge < -0.3 is 19.7 Å². The van der Waals surface area contributed by atoms with Crippen molar-refractivity contribution >= 4 is 17.3 Å². The Morgan fingerprint density at radius 3 is 2.69 bits per heavy atom. The van der Waals surface area contributed by atoms with Crippen LogP contribution >= 0.6 is 0 Å². The van der Waals surface area contributed by atoms with Crippen molar-refractivity contribution in [3.63, 3.8) is 0 Å².